The van der Waals surface area contributed by atoms with Gasteiger partial charge in [0, 0.05) is 9.75 Å². The number of halogens is 1. The Labute approximate surface area is 133 Å². The van der Waals surface area contributed by atoms with Crippen LogP contribution in [0.3, 0.4) is 0 Å². The number of rotatable bonds is 3. The first-order chi connectivity index (χ1) is 9.79. The van der Waals surface area contributed by atoms with Gasteiger partial charge in [0.1, 0.15) is 0 Å². The van der Waals surface area contributed by atoms with Crippen LogP contribution in [0.5, 0.6) is 0 Å². The summed E-state index contributed by atoms with van der Waals surface area (Å²) in [5.74, 6) is 2.51. The molecule has 2 heteroatoms. The van der Waals surface area contributed by atoms with Gasteiger partial charge >= 0.3 is 0 Å². The van der Waals surface area contributed by atoms with E-state index in [2.05, 4.69) is 59.3 Å². The van der Waals surface area contributed by atoms with E-state index in [9.17, 15) is 0 Å². The van der Waals surface area contributed by atoms with Crippen LogP contribution in [0.15, 0.2) is 36.4 Å². The minimum atomic E-state index is 0.550. The quantitative estimate of drug-likeness (QED) is 0.623. The Hall–Kier alpha value is -0.600. The summed E-state index contributed by atoms with van der Waals surface area (Å²) >= 11 is 6.00. The molecule has 20 heavy (non-hydrogen) atoms. The van der Waals surface area contributed by atoms with Gasteiger partial charge in [-0.25, -0.2) is 0 Å². The summed E-state index contributed by atoms with van der Waals surface area (Å²) < 4.78 is 0. The van der Waals surface area contributed by atoms with Crippen molar-refractivity contribution in [2.75, 3.05) is 0 Å². The topological polar surface area (TPSA) is 0 Å². The summed E-state index contributed by atoms with van der Waals surface area (Å²) in [4.78, 5) is 3.58. The predicted molar refractivity (Wildman–Crippen MR) is 89.8 cm³/mol. The van der Waals surface area contributed by atoms with E-state index in [1.165, 1.54) is 22.6 Å². The number of alkyl halides is 1. The van der Waals surface area contributed by atoms with Gasteiger partial charge in [-0.15, -0.1) is 11.3 Å². The molecular weight excluding hydrogens is 328 g/mol. The zero-order valence-corrected chi connectivity index (χ0v) is 14.1. The van der Waals surface area contributed by atoms with Gasteiger partial charge in [-0.05, 0) is 60.3 Å². The van der Waals surface area contributed by atoms with Crippen molar-refractivity contribution in [2.45, 2.75) is 36.9 Å². The summed E-state index contributed by atoms with van der Waals surface area (Å²) in [5, 5.41) is 0. The molecule has 2 aliphatic rings. The third-order valence-corrected chi connectivity index (χ3v) is 7.75. The number of benzene rings is 1. The molecule has 0 amide bonds. The maximum absolute atomic E-state index is 4.01. The highest BCUT2D eigenvalue weighted by Crippen LogP contribution is 2.66. The lowest BCUT2D eigenvalue weighted by atomic mass is 9.92. The lowest BCUT2D eigenvalue weighted by Gasteiger charge is -2.13. The monoisotopic (exact) mass is 346 g/mol. The zero-order valence-electron chi connectivity index (χ0n) is 11.7. The molecule has 1 fully saturated rings. The van der Waals surface area contributed by atoms with Gasteiger partial charge < -0.3 is 0 Å². The molecule has 0 bridgehead atoms. The van der Waals surface area contributed by atoms with E-state index in [-0.39, 0.29) is 0 Å². The molecule has 0 spiro atoms. The van der Waals surface area contributed by atoms with Crippen LogP contribution < -0.4 is 0 Å². The van der Waals surface area contributed by atoms with Crippen LogP contribution in [0.1, 0.15) is 45.0 Å². The van der Waals surface area contributed by atoms with Crippen molar-refractivity contribution < 1.29 is 0 Å². The molecule has 0 radical (unpaired) electrons. The molecule has 4 rings (SSSR count). The third kappa shape index (κ3) is 2.00. The molecular formula is C18H19BrS. The second-order valence-corrected chi connectivity index (χ2v) is 8.25. The Balaban J connectivity index is 1.60. The molecule has 0 aliphatic heterocycles. The van der Waals surface area contributed by atoms with E-state index >= 15 is 0 Å². The van der Waals surface area contributed by atoms with Crippen molar-refractivity contribution in [2.24, 2.45) is 11.8 Å². The second-order valence-electron chi connectivity index (χ2n) is 6.06. The average molecular weight is 347 g/mol. The highest BCUT2D eigenvalue weighted by atomic mass is 79.9. The number of thiophene rings is 1. The molecule has 2 aliphatic carbocycles. The normalized spacial score (nSPS) is 28.6. The fraction of sp³-hybridized carbons (Fsp3) is 0.444. The second kappa shape index (κ2) is 4.99. The molecule has 0 N–H and O–H groups in total. The number of fused-ring (bicyclic) bond motifs is 3. The zero-order chi connectivity index (χ0) is 13.7. The molecule has 2 aromatic rings. The molecule has 1 aromatic heterocycles. The molecule has 0 nitrogen and oxygen atoms in total. The van der Waals surface area contributed by atoms with E-state index < -0.39 is 0 Å². The van der Waals surface area contributed by atoms with Crippen molar-refractivity contribution >= 4 is 27.3 Å². The summed E-state index contributed by atoms with van der Waals surface area (Å²) in [5.41, 5.74) is 3.22. The largest absolute Gasteiger partial charge is 0.144 e. The Morgan fingerprint density at radius 3 is 2.90 bits per heavy atom. The van der Waals surface area contributed by atoms with Gasteiger partial charge in [-0.1, -0.05) is 47.1 Å². The lowest BCUT2D eigenvalue weighted by molar-refractivity contribution is 0.629. The van der Waals surface area contributed by atoms with Crippen LogP contribution in [0.2, 0.25) is 0 Å². The summed E-state index contributed by atoms with van der Waals surface area (Å²) in [6, 6.07) is 13.7. The highest BCUT2D eigenvalue weighted by molar-refractivity contribution is 9.09. The summed E-state index contributed by atoms with van der Waals surface area (Å²) in [7, 11) is 0. The smallest absolute Gasteiger partial charge is 0.0526 e. The Morgan fingerprint density at radius 2 is 2.10 bits per heavy atom. The van der Waals surface area contributed by atoms with Crippen LogP contribution in [-0.4, -0.2) is 0 Å². The molecule has 0 saturated heterocycles. The van der Waals surface area contributed by atoms with Gasteiger partial charge in [0.25, 0.3) is 0 Å². The minimum absolute atomic E-state index is 0.550. The number of hydrogen-bond acceptors (Lipinski definition) is 1. The Kier molecular flexibility index (Phi) is 3.27. The molecule has 4 atom stereocenters. The number of hydrogen-bond donors (Lipinski definition) is 0. The molecule has 4 unspecified atom stereocenters. The van der Waals surface area contributed by atoms with E-state index in [1.807, 2.05) is 11.3 Å². The fourth-order valence-electron chi connectivity index (χ4n) is 3.94. The van der Waals surface area contributed by atoms with Crippen molar-refractivity contribution in [1.82, 2.24) is 0 Å². The standard InChI is InChI=1S/C18H19BrS/c1-2-12-8-10-15(20-12)18(19)17-14-9-7-11-5-3-4-6-13(11)16(14)17/h3-6,8,10,14,16-18H,2,7,9H2,1H3. The highest BCUT2D eigenvalue weighted by Gasteiger charge is 2.56. The SMILES string of the molecule is CCc1ccc(C(Br)C2C3CCc4ccccc4C32)s1. The molecule has 104 valence electrons. The van der Waals surface area contributed by atoms with E-state index in [0.717, 1.165) is 24.2 Å². The lowest BCUT2D eigenvalue weighted by Crippen LogP contribution is -2.00. The molecule has 1 aromatic carbocycles. The van der Waals surface area contributed by atoms with Crippen molar-refractivity contribution in [3.63, 3.8) is 0 Å². The first-order valence-electron chi connectivity index (χ1n) is 7.60. The van der Waals surface area contributed by atoms with E-state index in [0.29, 0.717) is 4.83 Å². The van der Waals surface area contributed by atoms with Gasteiger partial charge in [0.05, 0.1) is 4.83 Å². The van der Waals surface area contributed by atoms with Crippen molar-refractivity contribution in [1.29, 1.82) is 0 Å². The van der Waals surface area contributed by atoms with Crippen LogP contribution in [0.25, 0.3) is 0 Å². The van der Waals surface area contributed by atoms with Gasteiger partial charge in [-0.3, -0.25) is 0 Å². The van der Waals surface area contributed by atoms with Gasteiger partial charge in [-0.2, -0.15) is 0 Å². The maximum atomic E-state index is 4.01. The first-order valence-corrected chi connectivity index (χ1v) is 9.33. The fourth-order valence-corrected chi connectivity index (χ4v) is 6.08. The van der Waals surface area contributed by atoms with E-state index in [4.69, 9.17) is 0 Å². The first kappa shape index (κ1) is 13.1. The Morgan fingerprint density at radius 1 is 1.25 bits per heavy atom. The maximum Gasteiger partial charge on any atom is 0.0526 e. The third-order valence-electron chi connectivity index (χ3n) is 5.03. The summed E-state index contributed by atoms with van der Waals surface area (Å²) in [6.45, 7) is 2.24. The predicted octanol–water partition coefficient (Wildman–Crippen LogP) is 5.72. The average Bonchev–Trinajstić information content (AvgIpc) is 3.04. The van der Waals surface area contributed by atoms with Gasteiger partial charge in [0.15, 0.2) is 0 Å². The van der Waals surface area contributed by atoms with Gasteiger partial charge in [0.2, 0.25) is 0 Å². The van der Waals surface area contributed by atoms with Crippen molar-refractivity contribution in [3.8, 4) is 0 Å². The van der Waals surface area contributed by atoms with Crippen molar-refractivity contribution in [3.05, 3.63) is 57.3 Å². The van der Waals surface area contributed by atoms with Crippen LogP contribution in [0, 0.1) is 11.8 Å². The number of aryl methyl sites for hydroxylation is 2. The molecule has 1 heterocycles. The van der Waals surface area contributed by atoms with E-state index in [1.54, 1.807) is 11.1 Å². The van der Waals surface area contributed by atoms with Crippen LogP contribution >= 0.6 is 27.3 Å². The Bertz CT molecular complexity index is 630. The summed E-state index contributed by atoms with van der Waals surface area (Å²) in [6.07, 6.45) is 3.81. The molecule has 1 saturated carbocycles. The van der Waals surface area contributed by atoms with Crippen LogP contribution in [-0.2, 0) is 12.8 Å². The van der Waals surface area contributed by atoms with Crippen LogP contribution in [0.4, 0.5) is 0 Å². The minimum Gasteiger partial charge on any atom is -0.144 e.